The number of nitrogens with one attached hydrogen (secondary N) is 1. The first kappa shape index (κ1) is 22.0. The first-order valence-electron chi connectivity index (χ1n) is 11.5. The molecule has 3 aliphatic rings. The summed E-state index contributed by atoms with van der Waals surface area (Å²) >= 11 is 6.59. The molecule has 5 atom stereocenters. The summed E-state index contributed by atoms with van der Waals surface area (Å²) in [7, 11) is 0. The van der Waals surface area contributed by atoms with E-state index in [-0.39, 0.29) is 30.8 Å². The molecule has 6 rings (SSSR count). The van der Waals surface area contributed by atoms with Gasteiger partial charge in [0.1, 0.15) is 30.7 Å². The van der Waals surface area contributed by atoms with Crippen LogP contribution in [0.4, 0.5) is 0 Å². The summed E-state index contributed by atoms with van der Waals surface area (Å²) in [4.78, 5) is 17.0. The topological polar surface area (TPSA) is 138 Å². The van der Waals surface area contributed by atoms with E-state index in [1.807, 2.05) is 6.07 Å². The van der Waals surface area contributed by atoms with E-state index in [1.165, 1.54) is 5.56 Å². The highest BCUT2D eigenvalue weighted by molar-refractivity contribution is 6.31. The number of aromatic nitrogens is 4. The van der Waals surface area contributed by atoms with Gasteiger partial charge < -0.3 is 34.8 Å². The van der Waals surface area contributed by atoms with E-state index in [0.29, 0.717) is 48.4 Å². The molecular formula is C23H26ClN5O5. The van der Waals surface area contributed by atoms with Crippen molar-refractivity contribution in [3.8, 4) is 11.8 Å². The van der Waals surface area contributed by atoms with Crippen LogP contribution in [-0.4, -0.2) is 75.8 Å². The molecule has 180 valence electrons. The van der Waals surface area contributed by atoms with Crippen molar-refractivity contribution in [2.75, 3.05) is 26.4 Å². The van der Waals surface area contributed by atoms with Crippen LogP contribution in [0.25, 0.3) is 11.2 Å². The second-order valence-corrected chi connectivity index (χ2v) is 9.35. The van der Waals surface area contributed by atoms with Crippen molar-refractivity contribution in [2.45, 2.75) is 49.6 Å². The maximum atomic E-state index is 9.92. The van der Waals surface area contributed by atoms with Crippen molar-refractivity contribution in [1.29, 1.82) is 0 Å². The van der Waals surface area contributed by atoms with Crippen LogP contribution in [0.1, 0.15) is 29.3 Å². The minimum absolute atomic E-state index is 0.231. The third-order valence-electron chi connectivity index (χ3n) is 6.67. The minimum Gasteiger partial charge on any atom is -0.491 e. The number of H-pyrrole nitrogens is 1. The number of ether oxygens (including phenoxy) is 4. The van der Waals surface area contributed by atoms with Crippen LogP contribution in [0, 0.1) is 0 Å². The predicted octanol–water partition coefficient (Wildman–Crippen LogP) is 1.52. The Labute approximate surface area is 200 Å². The average molecular weight is 488 g/mol. The average Bonchev–Trinajstić information content (AvgIpc) is 3.59. The van der Waals surface area contributed by atoms with E-state index < -0.39 is 6.10 Å². The molecule has 1 aliphatic carbocycles. The fourth-order valence-electron chi connectivity index (χ4n) is 5.04. The highest BCUT2D eigenvalue weighted by Crippen LogP contribution is 2.37. The molecular weight excluding hydrogens is 462 g/mol. The maximum absolute atomic E-state index is 9.92. The Balaban J connectivity index is 1.18. The van der Waals surface area contributed by atoms with Gasteiger partial charge in [-0.15, -0.1) is 0 Å². The molecule has 0 saturated carbocycles. The zero-order valence-corrected chi connectivity index (χ0v) is 19.2. The fourth-order valence-corrected chi connectivity index (χ4v) is 5.27. The van der Waals surface area contributed by atoms with Crippen molar-refractivity contribution < 1.29 is 24.1 Å². The van der Waals surface area contributed by atoms with Crippen LogP contribution in [0.15, 0.2) is 18.3 Å². The van der Waals surface area contributed by atoms with Gasteiger partial charge in [0.05, 0.1) is 35.6 Å². The molecule has 1 unspecified atom stereocenters. The number of imidazole rings is 1. The van der Waals surface area contributed by atoms with Crippen LogP contribution < -0.4 is 15.2 Å². The van der Waals surface area contributed by atoms with Gasteiger partial charge in [-0.05, 0) is 37.0 Å². The molecule has 34 heavy (non-hydrogen) atoms. The number of hydrogen-bond acceptors (Lipinski definition) is 9. The SMILES string of the molecule is NCCOc1cnc2c(c1)CCC2Cc1nc2nc(O[C@@H]3CO[C@H]4[C@@H]3OC[C@H]4O)[nH]c2cc1Cl. The van der Waals surface area contributed by atoms with Gasteiger partial charge in [-0.25, -0.2) is 4.98 Å². The number of aliphatic hydroxyl groups excluding tert-OH is 1. The predicted molar refractivity (Wildman–Crippen MR) is 122 cm³/mol. The highest BCUT2D eigenvalue weighted by Gasteiger charge is 2.48. The van der Waals surface area contributed by atoms with Crippen LogP contribution in [-0.2, 0) is 22.3 Å². The summed E-state index contributed by atoms with van der Waals surface area (Å²) < 4.78 is 22.8. The van der Waals surface area contributed by atoms with Gasteiger partial charge in [-0.1, -0.05) is 11.6 Å². The molecule has 11 heteroatoms. The zero-order chi connectivity index (χ0) is 23.2. The molecule has 0 bridgehead atoms. The maximum Gasteiger partial charge on any atom is 0.296 e. The summed E-state index contributed by atoms with van der Waals surface area (Å²) in [5.41, 5.74) is 9.79. The Kier molecular flexibility index (Phi) is 5.78. The van der Waals surface area contributed by atoms with E-state index in [2.05, 4.69) is 21.0 Å². The summed E-state index contributed by atoms with van der Waals surface area (Å²) in [5, 5.41) is 10.5. The lowest BCUT2D eigenvalue weighted by Crippen LogP contribution is -2.34. The molecule has 3 aromatic heterocycles. The molecule has 0 amide bonds. The highest BCUT2D eigenvalue weighted by atomic mass is 35.5. The number of rotatable bonds is 7. The van der Waals surface area contributed by atoms with Crippen LogP contribution in [0.2, 0.25) is 5.02 Å². The van der Waals surface area contributed by atoms with Gasteiger partial charge in [0.15, 0.2) is 11.8 Å². The molecule has 2 aliphatic heterocycles. The molecule has 2 fully saturated rings. The number of aliphatic hydroxyl groups is 1. The van der Waals surface area contributed by atoms with Gasteiger partial charge in [-0.2, -0.15) is 4.98 Å². The molecule has 5 heterocycles. The first-order chi connectivity index (χ1) is 16.6. The molecule has 0 radical (unpaired) electrons. The number of pyridine rings is 2. The normalized spacial score (nSPS) is 27.8. The number of nitrogens with two attached hydrogens (primary N) is 1. The third kappa shape index (κ3) is 3.99. The lowest BCUT2D eigenvalue weighted by Gasteiger charge is -2.15. The number of nitrogens with zero attached hydrogens (tertiary/aromatic N) is 3. The van der Waals surface area contributed by atoms with Crippen molar-refractivity contribution in [3.05, 3.63) is 40.3 Å². The number of aromatic amines is 1. The van der Waals surface area contributed by atoms with Crippen LogP contribution in [0.5, 0.6) is 11.8 Å². The number of fused-ring (bicyclic) bond motifs is 3. The van der Waals surface area contributed by atoms with Crippen molar-refractivity contribution in [2.24, 2.45) is 5.73 Å². The van der Waals surface area contributed by atoms with Gasteiger partial charge in [0.25, 0.3) is 6.01 Å². The van der Waals surface area contributed by atoms with E-state index in [1.54, 1.807) is 6.20 Å². The van der Waals surface area contributed by atoms with E-state index in [4.69, 9.17) is 41.3 Å². The Bertz CT molecular complexity index is 1210. The standard InChI is InChI=1S/C23H26ClN5O5/c24-14-7-16-22(29-23(28-16)34-18-10-33-20-17(30)9-32-21(18)20)27-15(14)6-12-2-1-11-5-13(31-4-3-25)8-26-19(11)12/h5,7-8,12,17-18,20-21,30H,1-4,6,9-10,25H2,(H,27,28,29)/t12?,17-,18-,20-,21-/m1/s1. The summed E-state index contributed by atoms with van der Waals surface area (Å²) in [6, 6.07) is 4.21. The number of aryl methyl sites for hydroxylation is 1. The summed E-state index contributed by atoms with van der Waals surface area (Å²) in [6.07, 6.45) is 2.69. The molecule has 0 aromatic carbocycles. The lowest BCUT2D eigenvalue weighted by molar-refractivity contribution is 0.00706. The van der Waals surface area contributed by atoms with Gasteiger partial charge >= 0.3 is 0 Å². The van der Waals surface area contributed by atoms with E-state index >= 15 is 0 Å². The van der Waals surface area contributed by atoms with Crippen molar-refractivity contribution in [1.82, 2.24) is 19.9 Å². The zero-order valence-electron chi connectivity index (χ0n) is 18.4. The van der Waals surface area contributed by atoms with Crippen molar-refractivity contribution in [3.63, 3.8) is 0 Å². The molecule has 2 saturated heterocycles. The monoisotopic (exact) mass is 487 g/mol. The lowest BCUT2D eigenvalue weighted by atomic mass is 10.00. The van der Waals surface area contributed by atoms with Gasteiger partial charge in [-0.3, -0.25) is 4.98 Å². The molecule has 10 nitrogen and oxygen atoms in total. The Morgan fingerprint density at radius 3 is 2.97 bits per heavy atom. The number of hydrogen-bond donors (Lipinski definition) is 3. The Morgan fingerprint density at radius 2 is 2.09 bits per heavy atom. The fraction of sp³-hybridized carbons (Fsp3) is 0.522. The smallest absolute Gasteiger partial charge is 0.296 e. The third-order valence-corrected chi connectivity index (χ3v) is 7.00. The first-order valence-corrected chi connectivity index (χ1v) is 11.9. The second-order valence-electron chi connectivity index (χ2n) is 8.94. The van der Waals surface area contributed by atoms with Gasteiger partial charge in [0.2, 0.25) is 0 Å². The quantitative estimate of drug-likeness (QED) is 0.452. The van der Waals surface area contributed by atoms with Crippen LogP contribution in [0.3, 0.4) is 0 Å². The number of halogens is 1. The van der Waals surface area contributed by atoms with E-state index in [9.17, 15) is 5.11 Å². The molecule has 4 N–H and O–H groups in total. The molecule has 3 aromatic rings. The molecule has 0 spiro atoms. The second kappa shape index (κ2) is 8.94. The van der Waals surface area contributed by atoms with Crippen LogP contribution >= 0.6 is 11.6 Å². The summed E-state index contributed by atoms with van der Waals surface area (Å²) in [5.74, 6) is 0.983. The largest absolute Gasteiger partial charge is 0.491 e. The Morgan fingerprint density at radius 1 is 1.21 bits per heavy atom. The summed E-state index contributed by atoms with van der Waals surface area (Å²) in [6.45, 7) is 1.52. The van der Waals surface area contributed by atoms with Gasteiger partial charge in [0, 0.05) is 18.2 Å². The van der Waals surface area contributed by atoms with E-state index in [0.717, 1.165) is 30.0 Å². The Hall–Kier alpha value is -2.50. The minimum atomic E-state index is -0.627. The van der Waals surface area contributed by atoms with Crippen molar-refractivity contribution >= 4 is 22.8 Å².